The summed E-state index contributed by atoms with van der Waals surface area (Å²) in [5, 5.41) is 5.21. The summed E-state index contributed by atoms with van der Waals surface area (Å²) in [6, 6.07) is 23.8. The first kappa shape index (κ1) is 19.5. The number of fused-ring (bicyclic) bond motifs is 1. The molecule has 1 amide bonds. The summed E-state index contributed by atoms with van der Waals surface area (Å²) in [5.74, 6) is 0.353. The summed E-state index contributed by atoms with van der Waals surface area (Å²) >= 11 is 0. The molecule has 0 spiro atoms. The van der Waals surface area contributed by atoms with Gasteiger partial charge in [0.15, 0.2) is 6.61 Å². The molecular formula is C25H23N3O2. The molecule has 0 aliphatic carbocycles. The average molecular weight is 397 g/mol. The van der Waals surface area contributed by atoms with E-state index < -0.39 is 0 Å². The summed E-state index contributed by atoms with van der Waals surface area (Å²) < 4.78 is 5.56. The maximum Gasteiger partial charge on any atom is 0.277 e. The summed E-state index contributed by atoms with van der Waals surface area (Å²) in [6.45, 7) is 3.95. The average Bonchev–Trinajstić information content (AvgIpc) is 3.14. The quantitative estimate of drug-likeness (QED) is 0.356. The number of H-pyrrole nitrogens is 1. The molecule has 150 valence electrons. The van der Waals surface area contributed by atoms with Gasteiger partial charge in [-0.2, -0.15) is 5.10 Å². The molecule has 3 aromatic carbocycles. The van der Waals surface area contributed by atoms with E-state index in [4.69, 9.17) is 4.74 Å². The van der Waals surface area contributed by atoms with Crippen LogP contribution in [0.3, 0.4) is 0 Å². The van der Waals surface area contributed by atoms with Crippen LogP contribution >= 0.6 is 0 Å². The number of ether oxygens (including phenoxy) is 1. The predicted molar refractivity (Wildman–Crippen MR) is 121 cm³/mol. The first-order chi connectivity index (χ1) is 14.6. The van der Waals surface area contributed by atoms with E-state index in [9.17, 15) is 4.79 Å². The Hall–Kier alpha value is -3.86. The van der Waals surface area contributed by atoms with Crippen LogP contribution in [-0.2, 0) is 4.79 Å². The van der Waals surface area contributed by atoms with E-state index in [-0.39, 0.29) is 12.5 Å². The van der Waals surface area contributed by atoms with E-state index in [2.05, 4.69) is 15.5 Å². The smallest absolute Gasteiger partial charge is 0.277 e. The largest absolute Gasteiger partial charge is 0.484 e. The molecule has 2 N–H and O–H groups in total. The highest BCUT2D eigenvalue weighted by molar-refractivity contribution is 6.06. The van der Waals surface area contributed by atoms with Gasteiger partial charge in [-0.15, -0.1) is 0 Å². The zero-order valence-electron chi connectivity index (χ0n) is 17.0. The van der Waals surface area contributed by atoms with Crippen LogP contribution in [0.15, 0.2) is 77.9 Å². The number of aromatic nitrogens is 1. The van der Waals surface area contributed by atoms with E-state index in [1.165, 1.54) is 5.56 Å². The minimum absolute atomic E-state index is 0.0979. The van der Waals surface area contributed by atoms with Gasteiger partial charge in [-0.3, -0.25) is 4.79 Å². The molecule has 4 rings (SSSR count). The lowest BCUT2D eigenvalue weighted by atomic mass is 10.1. The molecule has 0 atom stereocenters. The van der Waals surface area contributed by atoms with Crippen LogP contribution in [0.4, 0.5) is 0 Å². The number of nitrogens with one attached hydrogen (secondary N) is 2. The zero-order chi connectivity index (χ0) is 20.9. The summed E-state index contributed by atoms with van der Waals surface area (Å²) in [7, 11) is 0. The Morgan fingerprint density at radius 2 is 1.77 bits per heavy atom. The van der Waals surface area contributed by atoms with Crippen molar-refractivity contribution in [2.24, 2.45) is 5.10 Å². The van der Waals surface area contributed by atoms with Crippen LogP contribution in [-0.4, -0.2) is 23.7 Å². The maximum atomic E-state index is 12.2. The highest BCUT2D eigenvalue weighted by Crippen LogP contribution is 2.28. The molecule has 5 nitrogen and oxygen atoms in total. The van der Waals surface area contributed by atoms with Crippen molar-refractivity contribution in [2.45, 2.75) is 13.8 Å². The molecule has 30 heavy (non-hydrogen) atoms. The van der Waals surface area contributed by atoms with E-state index >= 15 is 0 Å². The van der Waals surface area contributed by atoms with Gasteiger partial charge in [0, 0.05) is 16.5 Å². The number of hydrogen-bond donors (Lipinski definition) is 2. The molecule has 0 fully saturated rings. The van der Waals surface area contributed by atoms with Crippen molar-refractivity contribution >= 4 is 23.0 Å². The van der Waals surface area contributed by atoms with Crippen LogP contribution in [0, 0.1) is 13.8 Å². The molecule has 1 heterocycles. The normalized spacial score (nSPS) is 11.1. The van der Waals surface area contributed by atoms with Crippen molar-refractivity contribution in [3.63, 3.8) is 0 Å². The van der Waals surface area contributed by atoms with Crippen LogP contribution in [0.2, 0.25) is 0 Å². The molecule has 0 saturated carbocycles. The Balaban J connectivity index is 1.48. The molecule has 1 aromatic heterocycles. The third kappa shape index (κ3) is 4.25. The van der Waals surface area contributed by atoms with Gasteiger partial charge in [0.05, 0.1) is 11.9 Å². The van der Waals surface area contributed by atoms with Crippen molar-refractivity contribution in [1.29, 1.82) is 0 Å². The fourth-order valence-electron chi connectivity index (χ4n) is 3.28. The third-order valence-electron chi connectivity index (χ3n) is 5.04. The van der Waals surface area contributed by atoms with Crippen molar-refractivity contribution in [3.8, 4) is 17.0 Å². The number of benzene rings is 3. The lowest BCUT2D eigenvalue weighted by molar-refractivity contribution is -0.123. The van der Waals surface area contributed by atoms with Gasteiger partial charge in [0.25, 0.3) is 5.91 Å². The standard InChI is InChI=1S/C25H23N3O2/c1-17-12-13-20(14-18(17)2)30-16-24(29)28-26-15-22-21-10-6-7-11-23(21)27-25(22)19-8-4-3-5-9-19/h3-15,27H,16H2,1-2H3,(H,28,29)/b26-15-. The lowest BCUT2D eigenvalue weighted by Crippen LogP contribution is -2.24. The highest BCUT2D eigenvalue weighted by atomic mass is 16.5. The minimum atomic E-state index is -0.314. The Morgan fingerprint density at radius 1 is 1.00 bits per heavy atom. The topological polar surface area (TPSA) is 66.5 Å². The fraction of sp³-hybridized carbons (Fsp3) is 0.120. The van der Waals surface area contributed by atoms with Crippen LogP contribution in [0.5, 0.6) is 5.75 Å². The van der Waals surface area contributed by atoms with Crippen molar-refractivity contribution in [2.75, 3.05) is 6.61 Å². The van der Waals surface area contributed by atoms with Gasteiger partial charge in [-0.05, 0) is 48.7 Å². The van der Waals surface area contributed by atoms with E-state index in [1.807, 2.05) is 86.6 Å². The Morgan fingerprint density at radius 3 is 2.57 bits per heavy atom. The molecular weight excluding hydrogens is 374 g/mol. The number of carbonyl (C=O) groups is 1. The number of rotatable bonds is 6. The SMILES string of the molecule is Cc1ccc(OCC(=O)N/N=C\c2c(-c3ccccc3)[nH]c3ccccc23)cc1C. The lowest BCUT2D eigenvalue weighted by Gasteiger charge is -2.07. The van der Waals surface area contributed by atoms with E-state index in [0.29, 0.717) is 5.75 Å². The summed E-state index contributed by atoms with van der Waals surface area (Å²) in [4.78, 5) is 15.6. The maximum absolute atomic E-state index is 12.2. The first-order valence-electron chi connectivity index (χ1n) is 9.80. The highest BCUT2D eigenvalue weighted by Gasteiger charge is 2.11. The Labute approximate surface area is 175 Å². The molecule has 0 aliphatic heterocycles. The number of aromatic amines is 1. The first-order valence-corrected chi connectivity index (χ1v) is 9.80. The van der Waals surface area contributed by atoms with Gasteiger partial charge >= 0.3 is 0 Å². The van der Waals surface area contributed by atoms with Crippen LogP contribution in [0.25, 0.3) is 22.2 Å². The Kier molecular flexibility index (Phi) is 5.61. The number of aryl methyl sites for hydroxylation is 2. The minimum Gasteiger partial charge on any atom is -0.484 e. The molecule has 0 radical (unpaired) electrons. The van der Waals surface area contributed by atoms with E-state index in [0.717, 1.165) is 33.3 Å². The fourth-order valence-corrected chi connectivity index (χ4v) is 3.28. The number of hydrogen-bond acceptors (Lipinski definition) is 3. The molecule has 0 bridgehead atoms. The number of carbonyl (C=O) groups excluding carboxylic acids is 1. The molecule has 0 aliphatic rings. The second-order valence-electron chi connectivity index (χ2n) is 7.15. The van der Waals surface area contributed by atoms with Gasteiger partial charge in [0.2, 0.25) is 0 Å². The zero-order valence-corrected chi connectivity index (χ0v) is 17.0. The van der Waals surface area contributed by atoms with Crippen LogP contribution in [0.1, 0.15) is 16.7 Å². The van der Waals surface area contributed by atoms with Gasteiger partial charge in [-0.25, -0.2) is 5.43 Å². The van der Waals surface area contributed by atoms with E-state index in [1.54, 1.807) is 6.21 Å². The number of amides is 1. The number of hydrazone groups is 1. The summed E-state index contributed by atoms with van der Waals surface area (Å²) in [6.07, 6.45) is 1.68. The number of para-hydroxylation sites is 1. The third-order valence-corrected chi connectivity index (χ3v) is 5.04. The van der Waals surface area contributed by atoms with Gasteiger partial charge in [-0.1, -0.05) is 54.6 Å². The Bertz CT molecular complexity index is 1210. The molecule has 0 saturated heterocycles. The van der Waals surface area contributed by atoms with Crippen molar-refractivity contribution in [3.05, 3.63) is 89.5 Å². The van der Waals surface area contributed by atoms with Crippen molar-refractivity contribution < 1.29 is 9.53 Å². The van der Waals surface area contributed by atoms with Crippen molar-refractivity contribution in [1.82, 2.24) is 10.4 Å². The number of nitrogens with zero attached hydrogens (tertiary/aromatic N) is 1. The molecule has 4 aromatic rings. The second kappa shape index (κ2) is 8.66. The van der Waals surface area contributed by atoms with Gasteiger partial charge < -0.3 is 9.72 Å². The monoisotopic (exact) mass is 397 g/mol. The predicted octanol–water partition coefficient (Wildman–Crippen LogP) is 4.98. The van der Waals surface area contributed by atoms with Gasteiger partial charge in [0.1, 0.15) is 5.75 Å². The summed E-state index contributed by atoms with van der Waals surface area (Å²) in [5.41, 5.74) is 8.81. The molecule has 0 unspecified atom stereocenters. The molecule has 5 heteroatoms. The van der Waals surface area contributed by atoms with Crippen LogP contribution < -0.4 is 10.2 Å². The second-order valence-corrected chi connectivity index (χ2v) is 7.15.